The van der Waals surface area contributed by atoms with Gasteiger partial charge in [0, 0.05) is 29.8 Å². The molecule has 0 saturated carbocycles. The average Bonchev–Trinajstić information content (AvgIpc) is 4.03. The van der Waals surface area contributed by atoms with Gasteiger partial charge in [0.25, 0.3) is 0 Å². The zero-order valence-corrected chi connectivity index (χ0v) is 32.9. The lowest BCUT2D eigenvalue weighted by atomic mass is 10.1. The minimum absolute atomic E-state index is 0.00476. The summed E-state index contributed by atoms with van der Waals surface area (Å²) in [6.45, 7) is 10.2. The van der Waals surface area contributed by atoms with Crippen molar-refractivity contribution in [2.24, 2.45) is 0 Å². The van der Waals surface area contributed by atoms with Crippen molar-refractivity contribution in [1.29, 1.82) is 0 Å². The first-order valence-corrected chi connectivity index (χ1v) is 19.8. The van der Waals surface area contributed by atoms with Gasteiger partial charge in [0.2, 0.25) is 0 Å². The van der Waals surface area contributed by atoms with Crippen LogP contribution in [0.15, 0.2) is 91.4 Å². The first-order chi connectivity index (χ1) is 28.0. The number of unbranched alkanes of at least 4 members (excludes halogenated alkanes) is 5. The predicted octanol–water partition coefficient (Wildman–Crippen LogP) is 9.77. The Bertz CT molecular complexity index is 2300. The molecule has 4 heterocycles. The molecule has 3 aromatic carbocycles. The van der Waals surface area contributed by atoms with E-state index in [-0.39, 0.29) is 24.1 Å². The normalized spacial score (nSPS) is 11.8. The molecule has 294 valence electrons. The van der Waals surface area contributed by atoms with Gasteiger partial charge in [-0.15, -0.1) is 30.2 Å². The number of nitrogens with zero attached hydrogens (tertiary/aromatic N) is 12. The molecule has 7 rings (SSSR count). The van der Waals surface area contributed by atoms with E-state index in [2.05, 4.69) is 66.7 Å². The van der Waals surface area contributed by atoms with E-state index in [1.807, 2.05) is 108 Å². The lowest BCUT2D eigenvalue weighted by Gasteiger charge is -2.10. The first kappa shape index (κ1) is 38.8. The smallest absolute Gasteiger partial charge is 0.331 e. The van der Waals surface area contributed by atoms with Crippen molar-refractivity contribution in [2.75, 3.05) is 0 Å². The third-order valence-electron chi connectivity index (χ3n) is 9.48. The zero-order chi connectivity index (χ0) is 39.4. The van der Waals surface area contributed by atoms with E-state index in [0.29, 0.717) is 17.2 Å². The zero-order valence-electron chi connectivity index (χ0n) is 32.9. The summed E-state index contributed by atoms with van der Waals surface area (Å²) >= 11 is 0. The Hall–Kier alpha value is -6.51. The first-order valence-electron chi connectivity index (χ1n) is 19.8. The number of hydrogen-bond donors (Lipinski definition) is 0. The van der Waals surface area contributed by atoms with Gasteiger partial charge in [-0.1, -0.05) is 68.0 Å². The Labute approximate surface area is 332 Å². The van der Waals surface area contributed by atoms with Crippen LogP contribution in [0.4, 0.5) is 0 Å². The molecule has 0 saturated heterocycles. The summed E-state index contributed by atoms with van der Waals surface area (Å²) < 4.78 is 24.0. The van der Waals surface area contributed by atoms with Crippen LogP contribution in [-0.2, 0) is 13.1 Å². The Kier molecular flexibility index (Phi) is 12.8. The summed E-state index contributed by atoms with van der Waals surface area (Å²) in [6.07, 6.45) is 15.2. The lowest BCUT2D eigenvalue weighted by molar-refractivity contribution is 0.362. The largest absolute Gasteiger partial charge is 0.424 e. The second-order valence-corrected chi connectivity index (χ2v) is 13.9. The minimum Gasteiger partial charge on any atom is -0.424 e. The highest BCUT2D eigenvalue weighted by atomic mass is 16.5. The molecule has 0 radical (unpaired) electrons. The SMILES string of the molecule is CCCCCCn1cc(-c2ccc(Oc3nc(Oc4ccc(-c5cn(CC)nn5)cc4)nc(Oc4ccc(-c5cn(C(C)CCCCC)nn5)cc4)n3)cc2)nn1. The van der Waals surface area contributed by atoms with E-state index in [0.717, 1.165) is 59.7 Å². The summed E-state index contributed by atoms with van der Waals surface area (Å²) in [5, 5.41) is 25.8. The van der Waals surface area contributed by atoms with Gasteiger partial charge in [-0.3, -0.25) is 9.36 Å². The monoisotopic (exact) mass is 768 g/mol. The molecule has 57 heavy (non-hydrogen) atoms. The van der Waals surface area contributed by atoms with Gasteiger partial charge in [0.05, 0.1) is 24.6 Å². The van der Waals surface area contributed by atoms with E-state index in [1.165, 1.54) is 38.5 Å². The number of ether oxygens (including phenoxy) is 3. The Morgan fingerprint density at radius 2 is 0.930 bits per heavy atom. The number of aromatic nitrogens is 12. The molecule has 15 nitrogen and oxygen atoms in total. The highest BCUT2D eigenvalue weighted by molar-refractivity contribution is 5.60. The van der Waals surface area contributed by atoms with Crippen LogP contribution in [0.5, 0.6) is 35.3 Å². The van der Waals surface area contributed by atoms with Crippen molar-refractivity contribution in [3.8, 4) is 69.1 Å². The summed E-state index contributed by atoms with van der Waals surface area (Å²) in [7, 11) is 0. The van der Waals surface area contributed by atoms with Crippen LogP contribution in [0.1, 0.15) is 85.1 Å². The molecule has 0 bridgehead atoms. The average molecular weight is 769 g/mol. The standard InChI is InChI=1S/C42H48N12O3/c1-5-8-10-12-26-53-28-38(47-50-53)32-16-22-35(23-17-32)56-41-43-40(55-34-20-14-31(15-21-34)37-27-52(7-3)49-46-37)44-42(45-41)57-36-24-18-33(19-25-36)39-29-54(51-48-39)30(4)13-11-9-6-2/h14-25,27-30H,5-13,26H2,1-4H3. The van der Waals surface area contributed by atoms with Gasteiger partial charge < -0.3 is 14.2 Å². The molecular formula is C42H48N12O3. The van der Waals surface area contributed by atoms with Crippen LogP contribution in [0.25, 0.3) is 33.8 Å². The molecule has 0 amide bonds. The van der Waals surface area contributed by atoms with Crippen molar-refractivity contribution >= 4 is 0 Å². The van der Waals surface area contributed by atoms with Gasteiger partial charge in [-0.2, -0.15) is 0 Å². The van der Waals surface area contributed by atoms with Crippen molar-refractivity contribution in [3.05, 3.63) is 91.4 Å². The third-order valence-corrected chi connectivity index (χ3v) is 9.48. The summed E-state index contributed by atoms with van der Waals surface area (Å²) in [6, 6.07) is 22.7. The van der Waals surface area contributed by atoms with Crippen molar-refractivity contribution in [1.82, 2.24) is 59.9 Å². The van der Waals surface area contributed by atoms with E-state index < -0.39 is 0 Å². The second kappa shape index (κ2) is 18.9. The Morgan fingerprint density at radius 1 is 0.491 bits per heavy atom. The van der Waals surface area contributed by atoms with Crippen molar-refractivity contribution in [3.63, 3.8) is 0 Å². The molecule has 4 aromatic heterocycles. The van der Waals surface area contributed by atoms with Gasteiger partial charge in [-0.25, -0.2) is 4.68 Å². The number of rotatable bonds is 20. The molecule has 0 fully saturated rings. The van der Waals surface area contributed by atoms with Gasteiger partial charge in [-0.05, 0) is 99.5 Å². The molecule has 1 unspecified atom stereocenters. The molecule has 15 heteroatoms. The maximum Gasteiger partial charge on any atom is 0.331 e. The van der Waals surface area contributed by atoms with Crippen molar-refractivity contribution in [2.45, 2.75) is 98.2 Å². The second-order valence-electron chi connectivity index (χ2n) is 13.9. The topological polar surface area (TPSA) is 158 Å². The molecule has 0 aliphatic carbocycles. The van der Waals surface area contributed by atoms with Crippen LogP contribution in [0.3, 0.4) is 0 Å². The van der Waals surface area contributed by atoms with E-state index >= 15 is 0 Å². The molecule has 1 atom stereocenters. The summed E-state index contributed by atoms with van der Waals surface area (Å²) in [4.78, 5) is 13.4. The number of benzene rings is 3. The van der Waals surface area contributed by atoms with E-state index in [1.54, 1.807) is 4.68 Å². The van der Waals surface area contributed by atoms with Crippen molar-refractivity contribution < 1.29 is 14.2 Å². The van der Waals surface area contributed by atoms with Crippen LogP contribution in [-0.4, -0.2) is 59.9 Å². The van der Waals surface area contributed by atoms with E-state index in [4.69, 9.17) is 14.2 Å². The predicted molar refractivity (Wildman–Crippen MR) is 215 cm³/mol. The highest BCUT2D eigenvalue weighted by Crippen LogP contribution is 2.30. The van der Waals surface area contributed by atoms with Crippen LogP contribution >= 0.6 is 0 Å². The third kappa shape index (κ3) is 10.4. The fourth-order valence-electron chi connectivity index (χ4n) is 6.13. The maximum atomic E-state index is 6.14. The Balaban J connectivity index is 1.07. The molecule has 0 aliphatic rings. The molecule has 7 aromatic rings. The number of aryl methyl sites for hydroxylation is 2. The van der Waals surface area contributed by atoms with Crippen LogP contribution < -0.4 is 14.2 Å². The van der Waals surface area contributed by atoms with Crippen LogP contribution in [0.2, 0.25) is 0 Å². The highest BCUT2D eigenvalue weighted by Gasteiger charge is 2.15. The van der Waals surface area contributed by atoms with Gasteiger partial charge in [0.1, 0.15) is 34.3 Å². The summed E-state index contributed by atoms with van der Waals surface area (Å²) in [5.74, 6) is 1.52. The lowest BCUT2D eigenvalue weighted by Crippen LogP contribution is -2.05. The maximum absolute atomic E-state index is 6.14. The molecular weight excluding hydrogens is 721 g/mol. The summed E-state index contributed by atoms with van der Waals surface area (Å²) in [5.41, 5.74) is 5.07. The molecule has 0 aliphatic heterocycles. The van der Waals surface area contributed by atoms with Crippen LogP contribution in [0, 0.1) is 0 Å². The fraction of sp³-hybridized carbons (Fsp3) is 0.357. The Morgan fingerprint density at radius 3 is 1.40 bits per heavy atom. The van der Waals surface area contributed by atoms with Gasteiger partial charge in [0.15, 0.2) is 0 Å². The quantitative estimate of drug-likeness (QED) is 0.0677. The van der Waals surface area contributed by atoms with E-state index in [9.17, 15) is 0 Å². The molecule has 0 N–H and O–H groups in total. The van der Waals surface area contributed by atoms with Gasteiger partial charge >= 0.3 is 18.0 Å². The minimum atomic E-state index is -0.00635. The molecule has 0 spiro atoms. The number of hydrogen-bond acceptors (Lipinski definition) is 12. The fourth-order valence-corrected chi connectivity index (χ4v) is 6.13.